The van der Waals surface area contributed by atoms with Gasteiger partial charge in [-0.3, -0.25) is 4.79 Å². The van der Waals surface area contributed by atoms with E-state index < -0.39 is 16.2 Å². The molecule has 0 saturated carbocycles. The lowest BCUT2D eigenvalue weighted by atomic mass is 10.1. The van der Waals surface area contributed by atoms with Gasteiger partial charge in [0.05, 0.1) is 4.90 Å². The zero-order valence-electron chi connectivity index (χ0n) is 14.7. The smallest absolute Gasteiger partial charge is 0.245 e. The molecule has 1 aliphatic rings. The molecule has 0 aromatic heterocycles. The first-order chi connectivity index (χ1) is 12.4. The Balaban J connectivity index is 2.09. The molecule has 0 unspecified atom stereocenters. The van der Waals surface area contributed by atoms with Crippen LogP contribution in [-0.4, -0.2) is 42.0 Å². The first kappa shape index (κ1) is 18.9. The number of nitrogens with zero attached hydrogens (tertiary/aromatic N) is 2. The molecule has 5 nitrogen and oxygen atoms in total. The fourth-order valence-electron chi connectivity index (χ4n) is 3.31. The predicted molar refractivity (Wildman–Crippen MR) is 101 cm³/mol. The van der Waals surface area contributed by atoms with E-state index >= 15 is 0 Å². The molecule has 1 saturated heterocycles. The Labute approximate surface area is 159 Å². The molecular formula is C19H21ClN2O3S. The number of alkyl halides is 1. The highest BCUT2D eigenvalue weighted by molar-refractivity contribution is 7.89. The summed E-state index contributed by atoms with van der Waals surface area (Å²) in [5, 5.41) is 0. The van der Waals surface area contributed by atoms with E-state index in [4.69, 9.17) is 11.6 Å². The maximum atomic E-state index is 13.3. The van der Waals surface area contributed by atoms with Crippen molar-refractivity contribution in [2.45, 2.75) is 31.0 Å². The van der Waals surface area contributed by atoms with Crippen molar-refractivity contribution in [1.82, 2.24) is 9.21 Å². The Hall–Kier alpha value is -1.89. The van der Waals surface area contributed by atoms with Crippen LogP contribution in [-0.2, 0) is 14.8 Å². The van der Waals surface area contributed by atoms with Gasteiger partial charge in [-0.25, -0.2) is 8.42 Å². The quantitative estimate of drug-likeness (QED) is 0.751. The van der Waals surface area contributed by atoms with Gasteiger partial charge in [0, 0.05) is 12.6 Å². The Morgan fingerprint density at radius 3 is 2.31 bits per heavy atom. The summed E-state index contributed by atoms with van der Waals surface area (Å²) in [7, 11) is -3.76. The van der Waals surface area contributed by atoms with E-state index in [0.29, 0.717) is 0 Å². The van der Waals surface area contributed by atoms with Crippen LogP contribution in [0.25, 0.3) is 0 Å². The molecule has 0 spiro atoms. The Morgan fingerprint density at radius 2 is 1.73 bits per heavy atom. The lowest BCUT2D eigenvalue weighted by Gasteiger charge is -2.31. The van der Waals surface area contributed by atoms with Crippen molar-refractivity contribution in [3.63, 3.8) is 0 Å². The number of halogens is 1. The molecule has 1 heterocycles. The fraction of sp³-hybridized carbons (Fsp3) is 0.316. The minimum absolute atomic E-state index is 0.188. The van der Waals surface area contributed by atoms with Gasteiger partial charge in [-0.1, -0.05) is 48.0 Å². The van der Waals surface area contributed by atoms with Crippen LogP contribution in [0.4, 0.5) is 0 Å². The summed E-state index contributed by atoms with van der Waals surface area (Å²) in [5.41, 5.74) is 1.73. The van der Waals surface area contributed by atoms with Gasteiger partial charge >= 0.3 is 0 Å². The monoisotopic (exact) mass is 392 g/mol. The van der Waals surface area contributed by atoms with Gasteiger partial charge in [0.1, 0.15) is 12.0 Å². The van der Waals surface area contributed by atoms with Gasteiger partial charge in [-0.2, -0.15) is 4.31 Å². The zero-order valence-corrected chi connectivity index (χ0v) is 16.2. The third-order valence-electron chi connectivity index (χ3n) is 4.58. The standard InChI is InChI=1S/C19H21ClN2O3S/c1-14-8-10-17(11-9-14)26(24,25)21-13-15(2)22(18(23)12-20)19(21)16-6-4-3-5-7-16/h3-11,15,19H,12-13H2,1-2H3/t15-,19-/m0/s1. The maximum absolute atomic E-state index is 13.3. The molecule has 3 rings (SSSR count). The first-order valence-corrected chi connectivity index (χ1v) is 10.3. The average Bonchev–Trinajstić information content (AvgIpc) is 3.00. The van der Waals surface area contributed by atoms with E-state index in [-0.39, 0.29) is 29.3 Å². The molecule has 2 atom stereocenters. The summed E-state index contributed by atoms with van der Waals surface area (Å²) in [6.07, 6.45) is -0.705. The lowest BCUT2D eigenvalue weighted by molar-refractivity contribution is -0.131. The first-order valence-electron chi connectivity index (χ1n) is 8.37. The SMILES string of the molecule is Cc1ccc(S(=O)(=O)N2C[C@H](C)N(C(=O)CCl)[C@H]2c2ccccc2)cc1. The number of hydrogen-bond donors (Lipinski definition) is 0. The number of benzene rings is 2. The van der Waals surface area contributed by atoms with E-state index in [2.05, 4.69) is 0 Å². The van der Waals surface area contributed by atoms with Crippen LogP contribution in [0, 0.1) is 6.92 Å². The molecule has 0 bridgehead atoms. The molecule has 26 heavy (non-hydrogen) atoms. The molecule has 1 aliphatic heterocycles. The summed E-state index contributed by atoms with van der Waals surface area (Å²) < 4.78 is 28.0. The summed E-state index contributed by atoms with van der Waals surface area (Å²) in [6.45, 7) is 3.96. The zero-order chi connectivity index (χ0) is 18.9. The van der Waals surface area contributed by atoms with Gasteiger partial charge in [0.15, 0.2) is 0 Å². The molecule has 7 heteroatoms. The predicted octanol–water partition coefficient (Wildman–Crippen LogP) is 3.15. The normalized spacial score (nSPS) is 21.1. The minimum atomic E-state index is -3.76. The topological polar surface area (TPSA) is 57.7 Å². The van der Waals surface area contributed by atoms with E-state index in [1.54, 1.807) is 29.2 Å². The molecule has 0 aliphatic carbocycles. The summed E-state index contributed by atoms with van der Waals surface area (Å²) >= 11 is 5.79. The third kappa shape index (κ3) is 3.37. The Morgan fingerprint density at radius 1 is 1.12 bits per heavy atom. The summed E-state index contributed by atoms with van der Waals surface area (Å²) in [4.78, 5) is 14.2. The number of rotatable bonds is 4. The van der Waals surface area contributed by atoms with Gasteiger partial charge in [0.2, 0.25) is 15.9 Å². The van der Waals surface area contributed by atoms with Crippen LogP contribution in [0.2, 0.25) is 0 Å². The third-order valence-corrected chi connectivity index (χ3v) is 6.65. The van der Waals surface area contributed by atoms with E-state index in [1.165, 1.54) is 4.31 Å². The van der Waals surface area contributed by atoms with Crippen molar-refractivity contribution >= 4 is 27.5 Å². The molecule has 2 aromatic rings. The minimum Gasteiger partial charge on any atom is -0.317 e. The number of aryl methyl sites for hydroxylation is 1. The van der Waals surface area contributed by atoms with E-state index in [9.17, 15) is 13.2 Å². The van der Waals surface area contributed by atoms with Crippen LogP contribution in [0.3, 0.4) is 0 Å². The van der Waals surface area contributed by atoms with Gasteiger partial charge in [-0.15, -0.1) is 11.6 Å². The molecule has 0 N–H and O–H groups in total. The Bertz CT molecular complexity index is 885. The van der Waals surface area contributed by atoms with Gasteiger partial charge < -0.3 is 4.90 Å². The number of sulfonamides is 1. The maximum Gasteiger partial charge on any atom is 0.245 e. The summed E-state index contributed by atoms with van der Waals surface area (Å²) in [6, 6.07) is 15.6. The van der Waals surface area contributed by atoms with E-state index in [0.717, 1.165) is 11.1 Å². The van der Waals surface area contributed by atoms with Crippen molar-refractivity contribution in [3.8, 4) is 0 Å². The van der Waals surface area contributed by atoms with Crippen LogP contribution in [0.15, 0.2) is 59.5 Å². The van der Waals surface area contributed by atoms with Gasteiger partial charge in [-0.05, 0) is 31.5 Å². The largest absolute Gasteiger partial charge is 0.317 e. The number of carbonyl (C=O) groups is 1. The highest BCUT2D eigenvalue weighted by atomic mass is 35.5. The Kier molecular flexibility index (Phi) is 5.37. The highest BCUT2D eigenvalue weighted by Crippen LogP contribution is 2.38. The van der Waals surface area contributed by atoms with Crippen molar-refractivity contribution in [2.75, 3.05) is 12.4 Å². The second-order valence-corrected chi connectivity index (χ2v) is 8.61. The van der Waals surface area contributed by atoms with Crippen LogP contribution >= 0.6 is 11.6 Å². The molecule has 138 valence electrons. The van der Waals surface area contributed by atoms with Crippen molar-refractivity contribution in [3.05, 3.63) is 65.7 Å². The lowest BCUT2D eigenvalue weighted by Crippen LogP contribution is -2.40. The molecule has 2 aromatic carbocycles. The number of carbonyl (C=O) groups excluding carboxylic acids is 1. The molecular weight excluding hydrogens is 372 g/mol. The van der Waals surface area contributed by atoms with E-state index in [1.807, 2.05) is 44.2 Å². The second kappa shape index (κ2) is 7.39. The van der Waals surface area contributed by atoms with Crippen molar-refractivity contribution in [2.24, 2.45) is 0 Å². The number of amides is 1. The van der Waals surface area contributed by atoms with Crippen LogP contribution in [0.5, 0.6) is 0 Å². The van der Waals surface area contributed by atoms with Crippen LogP contribution in [0.1, 0.15) is 24.2 Å². The van der Waals surface area contributed by atoms with Gasteiger partial charge in [0.25, 0.3) is 0 Å². The molecule has 1 amide bonds. The average molecular weight is 393 g/mol. The molecule has 1 fully saturated rings. The summed E-state index contributed by atoms with van der Waals surface area (Å²) in [5.74, 6) is -0.471. The van der Waals surface area contributed by atoms with Crippen molar-refractivity contribution < 1.29 is 13.2 Å². The fourth-order valence-corrected chi connectivity index (χ4v) is 5.09. The van der Waals surface area contributed by atoms with Crippen LogP contribution < -0.4 is 0 Å². The number of hydrogen-bond acceptors (Lipinski definition) is 3. The molecule has 0 radical (unpaired) electrons. The second-order valence-electron chi connectivity index (χ2n) is 6.46. The highest BCUT2D eigenvalue weighted by Gasteiger charge is 2.46. The van der Waals surface area contributed by atoms with Crippen molar-refractivity contribution in [1.29, 1.82) is 0 Å².